The van der Waals surface area contributed by atoms with Crippen molar-refractivity contribution < 1.29 is 13.6 Å². The van der Waals surface area contributed by atoms with Crippen molar-refractivity contribution in [2.75, 3.05) is 7.05 Å². The van der Waals surface area contributed by atoms with Crippen LogP contribution in [0.25, 0.3) is 16.7 Å². The molecule has 0 spiro atoms. The van der Waals surface area contributed by atoms with Crippen LogP contribution in [-0.4, -0.2) is 32.6 Å². The fourth-order valence-electron chi connectivity index (χ4n) is 3.04. The summed E-state index contributed by atoms with van der Waals surface area (Å²) >= 11 is 0. The van der Waals surface area contributed by atoms with Crippen LogP contribution in [0.4, 0.5) is 4.39 Å². The van der Waals surface area contributed by atoms with Gasteiger partial charge >= 0.3 is 0 Å². The second kappa shape index (κ2) is 6.92. The fraction of sp³-hybridized carbons (Fsp3) is 0.190. The zero-order chi connectivity index (χ0) is 19.8. The molecule has 2 aromatic heterocycles. The maximum absolute atomic E-state index is 13.2. The molecule has 0 bridgehead atoms. The van der Waals surface area contributed by atoms with Crippen molar-refractivity contribution in [3.05, 3.63) is 77.8 Å². The lowest BCUT2D eigenvalue weighted by Crippen LogP contribution is -2.30. The molecule has 0 unspecified atom stereocenters. The van der Waals surface area contributed by atoms with Gasteiger partial charge in [0.1, 0.15) is 23.0 Å². The summed E-state index contributed by atoms with van der Waals surface area (Å²) in [5.74, 6) is 0.646. The molecule has 1 atom stereocenters. The van der Waals surface area contributed by atoms with E-state index in [4.69, 9.17) is 4.42 Å². The van der Waals surface area contributed by atoms with Crippen molar-refractivity contribution in [1.29, 1.82) is 0 Å². The van der Waals surface area contributed by atoms with Crippen LogP contribution in [-0.2, 0) is 0 Å². The molecule has 0 radical (unpaired) electrons. The van der Waals surface area contributed by atoms with Gasteiger partial charge in [0.05, 0.1) is 11.7 Å². The molecule has 0 saturated carbocycles. The van der Waals surface area contributed by atoms with Gasteiger partial charge < -0.3 is 9.32 Å². The van der Waals surface area contributed by atoms with Gasteiger partial charge in [-0.05, 0) is 50.2 Å². The molecule has 4 rings (SSSR count). The number of benzene rings is 2. The molecule has 28 heavy (non-hydrogen) atoms. The van der Waals surface area contributed by atoms with Crippen LogP contribution < -0.4 is 0 Å². The standard InChI is InChI=1S/C21H19FN4O2/c1-13(19-12-15-6-4-5-7-18(15)28-19)25(3)21(27)20-23-14(2)26(24-20)17-10-8-16(22)9-11-17/h4-13H,1-3H3/t13-/m1/s1. The summed E-state index contributed by atoms with van der Waals surface area (Å²) in [6.07, 6.45) is 0. The van der Waals surface area contributed by atoms with Crippen molar-refractivity contribution >= 4 is 16.9 Å². The average Bonchev–Trinajstić information content (AvgIpc) is 3.30. The monoisotopic (exact) mass is 378 g/mol. The van der Waals surface area contributed by atoms with E-state index in [1.165, 1.54) is 16.8 Å². The number of carbonyl (C=O) groups is 1. The van der Waals surface area contributed by atoms with E-state index in [1.54, 1.807) is 31.0 Å². The molecule has 7 heteroatoms. The number of carbonyl (C=O) groups excluding carboxylic acids is 1. The van der Waals surface area contributed by atoms with Crippen LogP contribution in [0, 0.1) is 12.7 Å². The highest BCUT2D eigenvalue weighted by molar-refractivity contribution is 5.90. The van der Waals surface area contributed by atoms with Crippen LogP contribution in [0.15, 0.2) is 59.0 Å². The maximum atomic E-state index is 13.2. The Balaban J connectivity index is 1.59. The molecule has 2 heterocycles. The van der Waals surface area contributed by atoms with Crippen molar-refractivity contribution in [2.24, 2.45) is 0 Å². The van der Waals surface area contributed by atoms with Gasteiger partial charge in [0, 0.05) is 12.4 Å². The summed E-state index contributed by atoms with van der Waals surface area (Å²) in [4.78, 5) is 18.7. The zero-order valence-electron chi connectivity index (χ0n) is 15.8. The summed E-state index contributed by atoms with van der Waals surface area (Å²) < 4.78 is 20.5. The second-order valence-electron chi connectivity index (χ2n) is 6.65. The number of fused-ring (bicyclic) bond motifs is 1. The van der Waals surface area contributed by atoms with Crippen molar-refractivity contribution in [3.8, 4) is 5.69 Å². The summed E-state index contributed by atoms with van der Waals surface area (Å²) in [5.41, 5.74) is 1.41. The molecule has 4 aromatic rings. The smallest absolute Gasteiger partial charge is 0.293 e. The van der Waals surface area contributed by atoms with Gasteiger partial charge in [0.25, 0.3) is 5.91 Å². The number of amides is 1. The predicted molar refractivity (Wildman–Crippen MR) is 103 cm³/mol. The highest BCUT2D eigenvalue weighted by Crippen LogP contribution is 2.27. The van der Waals surface area contributed by atoms with Gasteiger partial charge in [-0.2, -0.15) is 0 Å². The highest BCUT2D eigenvalue weighted by atomic mass is 19.1. The van der Waals surface area contributed by atoms with Crippen LogP contribution >= 0.6 is 0 Å². The Morgan fingerprint density at radius 3 is 2.61 bits per heavy atom. The van der Waals surface area contributed by atoms with E-state index in [-0.39, 0.29) is 23.6 Å². The van der Waals surface area contributed by atoms with Gasteiger partial charge in [-0.3, -0.25) is 4.79 Å². The van der Waals surface area contributed by atoms with Gasteiger partial charge in [-0.1, -0.05) is 18.2 Å². The Morgan fingerprint density at radius 1 is 1.18 bits per heavy atom. The molecule has 1 amide bonds. The first-order valence-electron chi connectivity index (χ1n) is 8.89. The van der Waals surface area contributed by atoms with Gasteiger partial charge in [-0.15, -0.1) is 5.10 Å². The van der Waals surface area contributed by atoms with Gasteiger partial charge in [0.15, 0.2) is 0 Å². The number of aromatic nitrogens is 3. The first-order valence-corrected chi connectivity index (χ1v) is 8.89. The third-order valence-corrected chi connectivity index (χ3v) is 4.79. The number of hydrogen-bond acceptors (Lipinski definition) is 4. The Kier molecular flexibility index (Phi) is 4.43. The summed E-state index contributed by atoms with van der Waals surface area (Å²) in [7, 11) is 1.69. The first-order chi connectivity index (χ1) is 13.4. The third-order valence-electron chi connectivity index (χ3n) is 4.79. The van der Waals surface area contributed by atoms with E-state index >= 15 is 0 Å². The largest absolute Gasteiger partial charge is 0.459 e. The number of nitrogens with zero attached hydrogens (tertiary/aromatic N) is 4. The Bertz CT molecular complexity index is 1110. The molecule has 0 fully saturated rings. The van der Waals surface area contributed by atoms with E-state index in [0.717, 1.165) is 11.0 Å². The number of rotatable bonds is 4. The lowest BCUT2D eigenvalue weighted by Gasteiger charge is -2.21. The molecule has 0 aliphatic rings. The topological polar surface area (TPSA) is 64.2 Å². The van der Waals surface area contributed by atoms with Crippen LogP contribution in [0.2, 0.25) is 0 Å². The van der Waals surface area contributed by atoms with E-state index in [9.17, 15) is 9.18 Å². The van der Waals surface area contributed by atoms with Crippen molar-refractivity contribution in [1.82, 2.24) is 19.7 Å². The zero-order valence-corrected chi connectivity index (χ0v) is 15.8. The van der Waals surface area contributed by atoms with Crippen LogP contribution in [0.3, 0.4) is 0 Å². The summed E-state index contributed by atoms with van der Waals surface area (Å²) in [5, 5.41) is 5.30. The predicted octanol–water partition coefficient (Wildman–Crippen LogP) is 4.29. The molecule has 6 nitrogen and oxygen atoms in total. The highest BCUT2D eigenvalue weighted by Gasteiger charge is 2.25. The molecule has 0 N–H and O–H groups in total. The fourth-order valence-corrected chi connectivity index (χ4v) is 3.04. The quantitative estimate of drug-likeness (QED) is 0.531. The minimum absolute atomic E-state index is 0.0762. The first kappa shape index (κ1) is 17.9. The minimum atomic E-state index is -0.336. The van der Waals surface area contributed by atoms with E-state index in [1.807, 2.05) is 37.3 Å². The lowest BCUT2D eigenvalue weighted by atomic mass is 10.2. The Labute approximate surface area is 161 Å². The Morgan fingerprint density at radius 2 is 1.89 bits per heavy atom. The van der Waals surface area contributed by atoms with E-state index in [2.05, 4.69) is 10.1 Å². The van der Waals surface area contributed by atoms with E-state index < -0.39 is 0 Å². The van der Waals surface area contributed by atoms with Gasteiger partial charge in [-0.25, -0.2) is 14.1 Å². The molecule has 0 aliphatic carbocycles. The number of halogens is 1. The number of para-hydroxylation sites is 1. The average molecular weight is 378 g/mol. The third kappa shape index (κ3) is 3.15. The molecule has 0 saturated heterocycles. The number of aryl methyl sites for hydroxylation is 1. The normalized spacial score (nSPS) is 12.3. The summed E-state index contributed by atoms with van der Waals surface area (Å²) in [6, 6.07) is 15.2. The SMILES string of the molecule is Cc1nc(C(=O)N(C)[C@H](C)c2cc3ccccc3o2)nn1-c1ccc(F)cc1. The molecular weight excluding hydrogens is 359 g/mol. The Hall–Kier alpha value is -3.48. The number of furan rings is 1. The van der Waals surface area contributed by atoms with Crippen molar-refractivity contribution in [2.45, 2.75) is 19.9 Å². The molecule has 2 aromatic carbocycles. The van der Waals surface area contributed by atoms with Gasteiger partial charge in [0.2, 0.25) is 5.82 Å². The molecule has 0 aliphatic heterocycles. The van der Waals surface area contributed by atoms with Crippen LogP contribution in [0.5, 0.6) is 0 Å². The lowest BCUT2D eigenvalue weighted by molar-refractivity contribution is 0.0715. The van der Waals surface area contributed by atoms with Crippen molar-refractivity contribution in [3.63, 3.8) is 0 Å². The van der Waals surface area contributed by atoms with Crippen LogP contribution in [0.1, 0.15) is 35.2 Å². The molecular formula is C21H19FN4O2. The molecule has 142 valence electrons. The summed E-state index contributed by atoms with van der Waals surface area (Å²) in [6.45, 7) is 3.63. The maximum Gasteiger partial charge on any atom is 0.293 e. The second-order valence-corrected chi connectivity index (χ2v) is 6.65. The number of hydrogen-bond donors (Lipinski definition) is 0. The minimum Gasteiger partial charge on any atom is -0.459 e. The van der Waals surface area contributed by atoms with E-state index in [0.29, 0.717) is 17.3 Å².